The summed E-state index contributed by atoms with van der Waals surface area (Å²) in [5.41, 5.74) is -0.498. The van der Waals surface area contributed by atoms with Gasteiger partial charge in [-0.15, -0.1) is 11.3 Å². The Morgan fingerprint density at radius 3 is 2.37 bits per heavy atom. The number of thiazole rings is 1. The smallest absolute Gasteiger partial charge is 0.269 e. The maximum atomic E-state index is 12.7. The average molecular weight is 385 g/mol. The molecular weight excluding hydrogens is 366 g/mol. The van der Waals surface area contributed by atoms with Gasteiger partial charge < -0.3 is 0 Å². The third-order valence-corrected chi connectivity index (χ3v) is 4.99. The minimum absolute atomic E-state index is 0.0326. The molecule has 2 aromatic rings. The van der Waals surface area contributed by atoms with Crippen LogP contribution in [0.15, 0.2) is 29.1 Å². The number of nitrogens with zero attached hydrogens (tertiary/aromatic N) is 3. The number of rotatable bonds is 4. The van der Waals surface area contributed by atoms with Crippen LogP contribution in [0.2, 0.25) is 0 Å². The van der Waals surface area contributed by atoms with Crippen molar-refractivity contribution in [2.75, 3.05) is 0 Å². The van der Waals surface area contributed by atoms with Crippen molar-refractivity contribution in [2.45, 2.75) is 34.2 Å². The molecular formula is C19H19N3O4S. The van der Waals surface area contributed by atoms with Gasteiger partial charge in [-0.1, -0.05) is 20.8 Å². The Balaban J connectivity index is 2.74. The predicted molar refractivity (Wildman–Crippen MR) is 104 cm³/mol. The number of nitriles is 1. The van der Waals surface area contributed by atoms with Crippen LogP contribution in [0.5, 0.6) is 0 Å². The highest BCUT2D eigenvalue weighted by Gasteiger charge is 2.27. The second kappa shape index (κ2) is 7.68. The van der Waals surface area contributed by atoms with Crippen LogP contribution in [-0.2, 0) is 11.3 Å². The van der Waals surface area contributed by atoms with Gasteiger partial charge in [-0.25, -0.2) is 0 Å². The van der Waals surface area contributed by atoms with Gasteiger partial charge in [0.05, 0.1) is 9.46 Å². The Morgan fingerprint density at radius 1 is 1.33 bits per heavy atom. The van der Waals surface area contributed by atoms with Crippen LogP contribution in [-0.4, -0.2) is 15.3 Å². The van der Waals surface area contributed by atoms with Crippen LogP contribution >= 0.6 is 11.3 Å². The summed E-state index contributed by atoms with van der Waals surface area (Å²) in [5, 5.41) is 20.3. The van der Waals surface area contributed by atoms with Gasteiger partial charge in [-0.05, 0) is 30.7 Å². The molecule has 0 saturated heterocycles. The summed E-state index contributed by atoms with van der Waals surface area (Å²) in [6.07, 6.45) is 1.60. The van der Waals surface area contributed by atoms with Crippen LogP contribution in [0.3, 0.4) is 0 Å². The first-order chi connectivity index (χ1) is 12.6. The zero-order valence-corrected chi connectivity index (χ0v) is 16.3. The predicted octanol–water partition coefficient (Wildman–Crippen LogP) is 1.96. The minimum Gasteiger partial charge on any atom is -0.298 e. The number of benzene rings is 1. The van der Waals surface area contributed by atoms with Gasteiger partial charge in [-0.3, -0.25) is 24.3 Å². The number of ketones is 1. The van der Waals surface area contributed by atoms with E-state index in [0.717, 1.165) is 11.3 Å². The van der Waals surface area contributed by atoms with E-state index >= 15 is 0 Å². The lowest BCUT2D eigenvalue weighted by atomic mass is 9.87. The Morgan fingerprint density at radius 2 is 1.93 bits per heavy atom. The van der Waals surface area contributed by atoms with Gasteiger partial charge in [0.2, 0.25) is 0 Å². The van der Waals surface area contributed by atoms with Gasteiger partial charge in [0.25, 0.3) is 11.2 Å². The number of hydrogen-bond acceptors (Lipinski definition) is 6. The van der Waals surface area contributed by atoms with Crippen LogP contribution in [0, 0.1) is 26.9 Å². The molecule has 0 N–H and O–H groups in total. The highest BCUT2D eigenvalue weighted by molar-refractivity contribution is 7.07. The zero-order valence-electron chi connectivity index (χ0n) is 15.5. The highest BCUT2D eigenvalue weighted by atomic mass is 32.1. The van der Waals surface area contributed by atoms with E-state index in [4.69, 9.17) is 0 Å². The quantitative estimate of drug-likeness (QED) is 0.591. The molecule has 140 valence electrons. The van der Waals surface area contributed by atoms with Gasteiger partial charge in [-0.2, -0.15) is 5.26 Å². The molecule has 8 heteroatoms. The van der Waals surface area contributed by atoms with Gasteiger partial charge in [0.15, 0.2) is 5.78 Å². The third-order valence-electron chi connectivity index (χ3n) is 3.86. The molecule has 27 heavy (non-hydrogen) atoms. The van der Waals surface area contributed by atoms with Crippen LogP contribution < -0.4 is 14.8 Å². The second-order valence-corrected chi connectivity index (χ2v) is 7.91. The van der Waals surface area contributed by atoms with E-state index in [2.05, 4.69) is 0 Å². The lowest BCUT2D eigenvalue weighted by Gasteiger charge is -2.15. The van der Waals surface area contributed by atoms with Crippen LogP contribution in [0.25, 0.3) is 11.6 Å². The number of carbonyl (C=O) groups is 1. The molecule has 0 amide bonds. The first-order valence-corrected chi connectivity index (χ1v) is 9.06. The number of non-ortho nitro benzene ring substituents is 1. The molecule has 0 bridgehead atoms. The third kappa shape index (κ3) is 4.20. The number of aromatic nitrogens is 1. The molecule has 0 spiro atoms. The number of nitro benzene ring substituents is 1. The van der Waals surface area contributed by atoms with Crippen LogP contribution in [0.4, 0.5) is 5.69 Å². The number of Topliss-reactive ketones (excluding diaryl/α,β-unsaturated/α-hetero) is 1. The summed E-state index contributed by atoms with van der Waals surface area (Å²) in [5.74, 6) is -0.324. The Bertz CT molecular complexity index is 1110. The van der Waals surface area contributed by atoms with E-state index in [1.807, 2.05) is 6.07 Å². The van der Waals surface area contributed by atoms with E-state index in [1.165, 1.54) is 16.7 Å². The fourth-order valence-corrected chi connectivity index (χ4v) is 3.57. The SMILES string of the molecule is CCn1c(=O)/c(=C\c2ccc([N+](=O)[O-])cc2)s/c1=C(/C#N)C(=O)C(C)(C)C. The van der Waals surface area contributed by atoms with Gasteiger partial charge >= 0.3 is 0 Å². The van der Waals surface area contributed by atoms with E-state index in [0.29, 0.717) is 21.3 Å². The number of carbonyl (C=O) groups excluding carboxylic acids is 1. The van der Waals surface area contributed by atoms with Crippen molar-refractivity contribution >= 4 is 34.5 Å². The van der Waals surface area contributed by atoms with E-state index < -0.39 is 10.3 Å². The Kier molecular flexibility index (Phi) is 5.76. The van der Waals surface area contributed by atoms with Crippen molar-refractivity contribution in [3.8, 4) is 6.07 Å². The van der Waals surface area contributed by atoms with Crippen molar-refractivity contribution in [1.82, 2.24) is 4.57 Å². The summed E-state index contributed by atoms with van der Waals surface area (Å²) in [7, 11) is 0. The van der Waals surface area contributed by atoms with Crippen molar-refractivity contribution < 1.29 is 9.72 Å². The summed E-state index contributed by atoms with van der Waals surface area (Å²) >= 11 is 1.07. The average Bonchev–Trinajstić information content (AvgIpc) is 2.90. The lowest BCUT2D eigenvalue weighted by molar-refractivity contribution is -0.384. The molecule has 2 rings (SSSR count). The zero-order chi connectivity index (χ0) is 20.4. The molecule has 0 saturated carbocycles. The number of nitro groups is 1. The lowest BCUT2D eigenvalue weighted by Crippen LogP contribution is -2.33. The molecule has 7 nitrogen and oxygen atoms in total. The minimum atomic E-state index is -0.744. The normalized spacial score (nSPS) is 13.2. The molecule has 0 radical (unpaired) electrons. The molecule has 0 atom stereocenters. The molecule has 1 aromatic carbocycles. The van der Waals surface area contributed by atoms with Crippen molar-refractivity contribution in [3.63, 3.8) is 0 Å². The van der Waals surface area contributed by atoms with E-state index in [1.54, 1.807) is 45.9 Å². The maximum Gasteiger partial charge on any atom is 0.269 e. The van der Waals surface area contributed by atoms with Crippen molar-refractivity contribution in [3.05, 3.63) is 59.5 Å². The Labute approximate surface area is 159 Å². The summed E-state index contributed by atoms with van der Waals surface area (Å²) in [6, 6.07) is 7.75. The number of hydrogen-bond donors (Lipinski definition) is 0. The monoisotopic (exact) mass is 385 g/mol. The molecule has 1 aromatic heterocycles. The first kappa shape index (κ1) is 20.3. The second-order valence-electron chi connectivity index (χ2n) is 6.88. The largest absolute Gasteiger partial charge is 0.298 e. The molecule has 0 aliphatic rings. The fraction of sp³-hybridized carbons (Fsp3) is 0.316. The van der Waals surface area contributed by atoms with Gasteiger partial charge in [0.1, 0.15) is 16.3 Å². The molecule has 0 aliphatic heterocycles. The molecule has 0 aliphatic carbocycles. The highest BCUT2D eigenvalue weighted by Crippen LogP contribution is 2.19. The van der Waals surface area contributed by atoms with Crippen LogP contribution in [0.1, 0.15) is 33.3 Å². The summed E-state index contributed by atoms with van der Waals surface area (Å²) < 4.78 is 2.10. The van der Waals surface area contributed by atoms with E-state index in [-0.39, 0.29) is 22.6 Å². The standard InChI is InChI=1S/C19H19N3O4S/c1-5-21-17(24)15(10-12-6-8-13(9-7-12)22(25)26)27-18(21)14(11-20)16(23)19(2,3)4/h6-10H,5H2,1-4H3/b15-10+,18-14-. The van der Waals surface area contributed by atoms with Crippen molar-refractivity contribution in [2.24, 2.45) is 5.41 Å². The first-order valence-electron chi connectivity index (χ1n) is 8.25. The molecule has 1 heterocycles. The maximum absolute atomic E-state index is 12.7. The fourth-order valence-electron chi connectivity index (χ4n) is 2.41. The molecule has 0 unspecified atom stereocenters. The summed E-state index contributed by atoms with van der Waals surface area (Å²) in [6.45, 7) is 7.25. The summed E-state index contributed by atoms with van der Waals surface area (Å²) in [4.78, 5) is 35.5. The molecule has 0 fully saturated rings. The van der Waals surface area contributed by atoms with E-state index in [9.17, 15) is 25.0 Å². The topological polar surface area (TPSA) is 106 Å². The van der Waals surface area contributed by atoms with Gasteiger partial charge in [0, 0.05) is 24.1 Å². The van der Waals surface area contributed by atoms with Crippen molar-refractivity contribution in [1.29, 1.82) is 5.26 Å². The Hall–Kier alpha value is -3.05.